The number of hydrogen-bond acceptors (Lipinski definition) is 5. The summed E-state index contributed by atoms with van der Waals surface area (Å²) in [6, 6.07) is 22.9. The van der Waals surface area contributed by atoms with Crippen LogP contribution in [0.25, 0.3) is 61.4 Å². The second-order valence-corrected chi connectivity index (χ2v) is 22.3. The average Bonchev–Trinajstić information content (AvgIpc) is 3.70. The van der Waals surface area contributed by atoms with Crippen molar-refractivity contribution in [3.8, 4) is 28.3 Å². The van der Waals surface area contributed by atoms with Crippen molar-refractivity contribution >= 4 is 46.4 Å². The summed E-state index contributed by atoms with van der Waals surface area (Å²) >= 11 is 0. The van der Waals surface area contributed by atoms with Crippen LogP contribution in [0.3, 0.4) is 0 Å². The number of nitrogens with zero attached hydrogens (tertiary/aromatic N) is 5. The van der Waals surface area contributed by atoms with Gasteiger partial charge in [0.1, 0.15) is 11.3 Å². The van der Waals surface area contributed by atoms with Gasteiger partial charge in [-0.15, -0.1) is 35.9 Å². The molecule has 0 atom stereocenters. The fourth-order valence-electron chi connectivity index (χ4n) is 8.49. The van der Waals surface area contributed by atoms with Crippen molar-refractivity contribution in [3.63, 3.8) is 0 Å². The van der Waals surface area contributed by atoms with Gasteiger partial charge in [-0.05, 0) is 129 Å². The Morgan fingerprint density at radius 2 is 1.57 bits per heavy atom. The van der Waals surface area contributed by atoms with Crippen LogP contribution in [-0.4, -0.2) is 32.6 Å². The van der Waals surface area contributed by atoms with E-state index in [-0.39, 0.29) is 25.9 Å². The Kier molecular flexibility index (Phi) is 11.7. The molecule has 8 aromatic rings. The van der Waals surface area contributed by atoms with Crippen LogP contribution in [0.4, 0.5) is 4.39 Å². The van der Waals surface area contributed by atoms with E-state index in [4.69, 9.17) is 9.40 Å². The molecule has 0 saturated heterocycles. The van der Waals surface area contributed by atoms with Gasteiger partial charge in [-0.2, -0.15) is 0 Å². The predicted molar refractivity (Wildman–Crippen MR) is 234 cm³/mol. The third kappa shape index (κ3) is 8.22. The van der Waals surface area contributed by atoms with Crippen molar-refractivity contribution in [2.45, 2.75) is 93.3 Å². The van der Waals surface area contributed by atoms with E-state index in [1.54, 1.807) is 6.07 Å². The van der Waals surface area contributed by atoms with Crippen LogP contribution in [0.2, 0.25) is 19.6 Å². The molecule has 3 aromatic carbocycles. The predicted octanol–water partition coefficient (Wildman–Crippen LogP) is 11.7. The first-order valence-corrected chi connectivity index (χ1v) is 23.6. The maximum absolute atomic E-state index is 13.4. The van der Waals surface area contributed by atoms with E-state index < -0.39 is 8.07 Å². The van der Waals surface area contributed by atoms with Gasteiger partial charge in [0.05, 0.1) is 31.1 Å². The zero-order chi connectivity index (χ0) is 40.2. The molecule has 1 aliphatic rings. The second kappa shape index (κ2) is 16.4. The number of imidazole rings is 1. The number of aromatic nitrogens is 5. The largest absolute Gasteiger partial charge is 0.483 e. The Hall–Kier alpha value is -4.82. The number of aryl methyl sites for hydroxylation is 6. The molecule has 0 fully saturated rings. The van der Waals surface area contributed by atoms with Crippen molar-refractivity contribution in [2.24, 2.45) is 5.92 Å². The van der Waals surface area contributed by atoms with Gasteiger partial charge in [0, 0.05) is 48.9 Å². The van der Waals surface area contributed by atoms with Crippen LogP contribution in [0.5, 0.6) is 0 Å². The Morgan fingerprint density at radius 1 is 0.845 bits per heavy atom. The summed E-state index contributed by atoms with van der Waals surface area (Å²) in [7, 11) is -1.43. The number of hydrogen-bond donors (Lipinski definition) is 0. The van der Waals surface area contributed by atoms with Gasteiger partial charge in [0.25, 0.3) is 0 Å². The van der Waals surface area contributed by atoms with Gasteiger partial charge in [0.15, 0.2) is 0 Å². The minimum absolute atomic E-state index is 0. The van der Waals surface area contributed by atoms with Crippen molar-refractivity contribution in [1.82, 2.24) is 24.5 Å². The van der Waals surface area contributed by atoms with E-state index in [1.807, 2.05) is 19.3 Å². The maximum atomic E-state index is 13.4. The van der Waals surface area contributed by atoms with Crippen LogP contribution in [0.15, 0.2) is 77.5 Å². The molecule has 9 heteroatoms. The van der Waals surface area contributed by atoms with Crippen molar-refractivity contribution in [2.75, 3.05) is 0 Å². The summed E-state index contributed by atoms with van der Waals surface area (Å²) in [5.41, 5.74) is 15.8. The van der Waals surface area contributed by atoms with E-state index in [2.05, 4.69) is 129 Å². The van der Waals surface area contributed by atoms with E-state index in [0.29, 0.717) is 11.6 Å². The molecule has 299 valence electrons. The summed E-state index contributed by atoms with van der Waals surface area (Å²) < 4.78 is 21.8. The Labute approximate surface area is 355 Å². The fraction of sp³-hybridized carbons (Fsp3) is 0.306. The van der Waals surface area contributed by atoms with Crippen LogP contribution in [0.1, 0.15) is 65.8 Å². The van der Waals surface area contributed by atoms with Crippen molar-refractivity contribution in [3.05, 3.63) is 130 Å². The van der Waals surface area contributed by atoms with Gasteiger partial charge in [-0.25, -0.2) is 4.39 Å². The molecule has 5 aromatic heterocycles. The Morgan fingerprint density at radius 3 is 2.26 bits per heavy atom. The number of halogens is 1. The number of furan rings is 1. The smallest absolute Gasteiger partial charge is 0.141 e. The summed E-state index contributed by atoms with van der Waals surface area (Å²) in [6.07, 6.45) is 12.9. The zero-order valence-corrected chi connectivity index (χ0v) is 38.3. The van der Waals surface area contributed by atoms with Gasteiger partial charge in [-0.3, -0.25) is 9.97 Å². The molecule has 9 rings (SSSR count). The van der Waals surface area contributed by atoms with E-state index in [9.17, 15) is 4.39 Å². The Bertz CT molecular complexity index is 2790. The molecular formula is C49H50FIrN5OSi-2. The van der Waals surface area contributed by atoms with E-state index in [0.717, 1.165) is 80.7 Å². The number of rotatable bonds is 6. The molecule has 0 aliphatic heterocycles. The van der Waals surface area contributed by atoms with Gasteiger partial charge >= 0.3 is 0 Å². The normalized spacial score (nSPS) is 12.8. The van der Waals surface area contributed by atoms with Crippen molar-refractivity contribution in [1.29, 1.82) is 0 Å². The molecule has 58 heavy (non-hydrogen) atoms. The van der Waals surface area contributed by atoms with Crippen LogP contribution < -0.4 is 5.19 Å². The van der Waals surface area contributed by atoms with Gasteiger partial charge in [0.2, 0.25) is 0 Å². The summed E-state index contributed by atoms with van der Waals surface area (Å²) in [5, 5.41) is 3.53. The zero-order valence-electron chi connectivity index (χ0n) is 34.9. The van der Waals surface area contributed by atoms with E-state index in [1.165, 1.54) is 63.5 Å². The van der Waals surface area contributed by atoms with Crippen LogP contribution in [0, 0.1) is 51.7 Å². The van der Waals surface area contributed by atoms with Crippen LogP contribution >= 0.6 is 0 Å². The van der Waals surface area contributed by atoms with Gasteiger partial charge < -0.3 is 19.0 Å². The number of pyridine rings is 3. The first-order valence-electron chi connectivity index (χ1n) is 20.1. The van der Waals surface area contributed by atoms with Gasteiger partial charge in [-0.1, -0.05) is 68.4 Å². The first-order chi connectivity index (χ1) is 27.2. The molecule has 1 aliphatic carbocycles. The molecule has 0 amide bonds. The second-order valence-electron chi connectivity index (χ2n) is 17.3. The third-order valence-corrected chi connectivity index (χ3v) is 13.0. The molecule has 5 heterocycles. The minimum atomic E-state index is -1.43. The molecule has 1 radical (unpaired) electrons. The topological polar surface area (TPSA) is 69.6 Å². The Balaban J connectivity index is 0.000000200. The van der Waals surface area contributed by atoms with E-state index >= 15 is 0 Å². The number of benzene rings is 3. The standard InChI is InChI=1S/C31H27N4O.C18H23FNSi.Ir/c1-17-9-18(2)29(19(3)10-17)35-27-11-20(4)32-16-26(27)34-30(35)23-13-25-24-12-21-7-5-6-8-22(21)14-28(24)36-31(25)33-15-23;1-13(2)9-15-11-17(14-7-6-8-16(19)10-14)20-12-18(15)21(3,4)5;/h9-14,16H,5-8H2,1-4H3;6,8,10-13H,9H2,1-5H3;/q2*-1;. The fourth-order valence-corrected chi connectivity index (χ4v) is 10.1. The van der Waals surface area contributed by atoms with Crippen molar-refractivity contribution < 1.29 is 28.9 Å². The SMILES string of the molecule is CC(C)Cc1cc(-c2[c-]ccc(F)c2)ncc1[Si](C)(C)C.Cc1cc(C)c(-n2c(-c3[c-]nc4oc5cc6c(cc5c4c3)CCCC6)nc3cnc(C)cc32)c(C)c1.[Ir]. The molecular weight excluding hydrogens is 914 g/mol. The summed E-state index contributed by atoms with van der Waals surface area (Å²) in [6.45, 7) is 19.9. The average molecular weight is 964 g/mol. The quantitative estimate of drug-likeness (QED) is 0.123. The first kappa shape index (κ1) is 41.3. The molecule has 6 nitrogen and oxygen atoms in total. The maximum Gasteiger partial charge on any atom is 0.141 e. The summed E-state index contributed by atoms with van der Waals surface area (Å²) in [4.78, 5) is 18.8. The summed E-state index contributed by atoms with van der Waals surface area (Å²) in [5.74, 6) is 1.16. The molecule has 0 unspecified atom stereocenters. The molecule has 0 bridgehead atoms. The van der Waals surface area contributed by atoms with Crippen LogP contribution in [-0.2, 0) is 39.4 Å². The monoisotopic (exact) mass is 964 g/mol. The molecule has 0 saturated carbocycles. The number of fused-ring (bicyclic) bond motifs is 5. The third-order valence-electron chi connectivity index (χ3n) is 11.0. The minimum Gasteiger partial charge on any atom is -0.483 e. The molecule has 0 spiro atoms. The molecule has 0 N–H and O–H groups in total.